The fraction of sp³-hybridized carbons (Fsp3) is 0.492. The van der Waals surface area contributed by atoms with Crippen molar-refractivity contribution in [1.82, 2.24) is 39.9 Å². The molecule has 1 unspecified atom stereocenters. The monoisotopic (exact) mass is 1030 g/mol. The van der Waals surface area contributed by atoms with E-state index in [9.17, 15) is 5.11 Å². The third kappa shape index (κ3) is 10.4. The summed E-state index contributed by atoms with van der Waals surface area (Å²) in [6.45, 7) is 36.8. The fourth-order valence-corrected chi connectivity index (χ4v) is 11.5. The van der Waals surface area contributed by atoms with Crippen molar-refractivity contribution < 1.29 is 24.1 Å². The smallest absolute Gasteiger partial charge is 0.168 e. The number of nitrogens with zero attached hydrogens (tertiary/aromatic N) is 6. The van der Waals surface area contributed by atoms with Crippen LogP contribution in [0.4, 0.5) is 0 Å². The largest absolute Gasteiger partial charge is 0.489 e. The van der Waals surface area contributed by atoms with Crippen LogP contribution in [0.2, 0.25) is 0 Å². The highest BCUT2D eigenvalue weighted by Crippen LogP contribution is 2.46. The van der Waals surface area contributed by atoms with Crippen molar-refractivity contribution in [2.45, 2.75) is 142 Å². The minimum atomic E-state index is -0.790. The van der Waals surface area contributed by atoms with Gasteiger partial charge in [0.2, 0.25) is 0 Å². The summed E-state index contributed by atoms with van der Waals surface area (Å²) in [5.74, 6) is 6.00. The first-order valence-electron chi connectivity index (χ1n) is 27.7. The second kappa shape index (κ2) is 21.4. The Bertz CT molecular complexity index is 3330. The molecule has 6 aromatic rings. The first-order valence-corrected chi connectivity index (χ1v) is 27.7. The van der Waals surface area contributed by atoms with Crippen molar-refractivity contribution >= 4 is 45.2 Å². The number of H-pyrrole nitrogens is 2. The molecule has 0 radical (unpaired) electrons. The van der Waals surface area contributed by atoms with Gasteiger partial charge in [0.05, 0.1) is 28.7 Å². The van der Waals surface area contributed by atoms with Crippen molar-refractivity contribution in [3.05, 3.63) is 77.9 Å². The molecule has 0 saturated heterocycles. The first kappa shape index (κ1) is 54.2. The van der Waals surface area contributed by atoms with Gasteiger partial charge >= 0.3 is 0 Å². The molecule has 0 amide bonds. The van der Waals surface area contributed by atoms with Gasteiger partial charge in [0.25, 0.3) is 0 Å². The van der Waals surface area contributed by atoms with Crippen molar-refractivity contribution in [3.63, 3.8) is 0 Å². The molecule has 0 saturated carbocycles. The Labute approximate surface area is 449 Å². The van der Waals surface area contributed by atoms with Crippen molar-refractivity contribution in [2.75, 3.05) is 6.61 Å². The molecule has 1 atom stereocenters. The number of hydrogen-bond acceptors (Lipinski definition) is 11. The maximum Gasteiger partial charge on any atom is 0.168 e. The Hall–Kier alpha value is -6.60. The van der Waals surface area contributed by atoms with Crippen LogP contribution in [0.5, 0.6) is 17.2 Å². The molecule has 3 aliphatic rings. The van der Waals surface area contributed by atoms with Crippen LogP contribution in [-0.2, 0) is 4.74 Å². The minimum absolute atomic E-state index is 0.0834. The second-order valence-electron chi connectivity index (χ2n) is 24.2. The molecular weight excluding hydrogens is 949 g/mol. The molecule has 76 heavy (non-hydrogen) atoms. The van der Waals surface area contributed by atoms with Crippen LogP contribution in [-0.4, -0.2) is 76.0 Å². The van der Waals surface area contributed by atoms with Gasteiger partial charge in [-0.25, -0.2) is 29.9 Å². The van der Waals surface area contributed by atoms with E-state index in [2.05, 4.69) is 121 Å². The van der Waals surface area contributed by atoms with E-state index in [1.807, 2.05) is 79.7 Å². The molecule has 3 aromatic heterocycles. The zero-order valence-corrected chi connectivity index (χ0v) is 47.8. The predicted molar refractivity (Wildman–Crippen MR) is 308 cm³/mol. The summed E-state index contributed by atoms with van der Waals surface area (Å²) in [5.41, 5.74) is 5.63. The van der Waals surface area contributed by atoms with Crippen LogP contribution in [0.3, 0.4) is 0 Å². The number of fused-ring (bicyclic) bond motifs is 20. The van der Waals surface area contributed by atoms with Crippen LogP contribution < -0.4 is 14.2 Å². The summed E-state index contributed by atoms with van der Waals surface area (Å²) in [5, 5.41) is 12.6. The molecule has 13 heteroatoms. The van der Waals surface area contributed by atoms with Gasteiger partial charge in [0, 0.05) is 27.5 Å². The second-order valence-corrected chi connectivity index (χ2v) is 24.2. The SMILES string of the molecule is CC(C)C(OC1=CC(C)(CO)C=Cc2c1c1nc3nc(nc4[nH]c(nc5nc(nc2[nH]1)-c1c(OC(C(C)C)C(C)C)cccc1-5)c1c(OC(C(C)C)C(C)C)cccc41)-c1c(OC(C(C)C)C(C)C)cccc1-3)C(C)C. The van der Waals surface area contributed by atoms with Crippen LogP contribution in [0.1, 0.15) is 129 Å². The lowest BCUT2D eigenvalue weighted by molar-refractivity contribution is 0.0757. The van der Waals surface area contributed by atoms with E-state index in [-0.39, 0.29) is 78.4 Å². The number of benzene rings is 3. The van der Waals surface area contributed by atoms with E-state index in [1.165, 1.54) is 0 Å². The Morgan fingerprint density at radius 1 is 0.447 bits per heavy atom. The molecule has 1 aliphatic carbocycles. The Balaban J connectivity index is 1.47. The topological polar surface area (TPSA) is 166 Å². The van der Waals surface area contributed by atoms with Gasteiger partial charge in [-0.1, -0.05) is 166 Å². The normalized spacial score (nSPS) is 15.5. The number of rotatable bonds is 17. The summed E-state index contributed by atoms with van der Waals surface area (Å²) in [7, 11) is 0. The van der Waals surface area contributed by atoms with E-state index in [0.29, 0.717) is 74.5 Å². The molecule has 0 spiro atoms. The highest BCUT2D eigenvalue weighted by Gasteiger charge is 2.34. The molecular formula is C63H80N8O5. The molecule has 0 fully saturated rings. The van der Waals surface area contributed by atoms with Gasteiger partial charge in [-0.2, -0.15) is 0 Å². The van der Waals surface area contributed by atoms with Gasteiger partial charge in [0.15, 0.2) is 23.3 Å². The molecule has 13 nitrogen and oxygen atoms in total. The van der Waals surface area contributed by atoms with Crippen molar-refractivity contribution in [3.8, 4) is 62.8 Å². The lowest BCUT2D eigenvalue weighted by atomic mass is 9.90. The Morgan fingerprint density at radius 3 is 1.34 bits per heavy atom. The van der Waals surface area contributed by atoms with Gasteiger partial charge in [-0.3, -0.25) is 0 Å². The summed E-state index contributed by atoms with van der Waals surface area (Å²) >= 11 is 0. The van der Waals surface area contributed by atoms with Gasteiger partial charge in [-0.05, 0) is 71.6 Å². The number of aromatic nitrogens is 8. The highest BCUT2D eigenvalue weighted by molar-refractivity contribution is 6.08. The number of aromatic amines is 2. The zero-order valence-electron chi connectivity index (χ0n) is 47.8. The summed E-state index contributed by atoms with van der Waals surface area (Å²) in [6.07, 6.45) is 5.59. The molecule has 3 N–H and O–H groups in total. The molecule has 402 valence electrons. The van der Waals surface area contributed by atoms with Gasteiger partial charge in [-0.15, -0.1) is 0 Å². The van der Waals surface area contributed by atoms with E-state index in [4.69, 9.17) is 48.9 Å². The van der Waals surface area contributed by atoms with Crippen LogP contribution in [0.15, 0.2) is 66.7 Å². The third-order valence-electron chi connectivity index (χ3n) is 15.0. The van der Waals surface area contributed by atoms with Gasteiger partial charge < -0.3 is 34.0 Å². The number of nitrogens with one attached hydrogen (secondary N) is 2. The number of ether oxygens (including phenoxy) is 4. The maximum atomic E-state index is 11.1. The van der Waals surface area contributed by atoms with Crippen molar-refractivity contribution in [1.29, 1.82) is 0 Å². The Kier molecular flexibility index (Phi) is 15.3. The number of aliphatic hydroxyl groups is 1. The lowest BCUT2D eigenvalue weighted by Gasteiger charge is -2.29. The average Bonchev–Trinajstić information content (AvgIpc) is 4.09. The maximum absolute atomic E-state index is 11.1. The molecule has 3 aromatic carbocycles. The molecule has 9 rings (SSSR count). The van der Waals surface area contributed by atoms with E-state index in [1.54, 1.807) is 0 Å². The number of aliphatic hydroxyl groups excluding tert-OH is 1. The summed E-state index contributed by atoms with van der Waals surface area (Å²) in [6, 6.07) is 18.1. The van der Waals surface area contributed by atoms with Crippen LogP contribution >= 0.6 is 0 Å². The standard InChI is InChI=1S/C63H80N8O5/c1-31(2)51(32(3)4)73-43-24-18-21-39-47(43)59-64-55(39)65-60-48-41(23-20-25-44(48)74-52(33(5)6)34(7)8)57(68-60)69-62-50-42(27-28-63(17,30-72)29-46(50)76-54(37(13)14)38(15)16)58(71-62)70-61-49-40(56(66-59)67-61)22-19-26-45(49)75-53(35(9)10)36(11)12/h18-29,31-38,51-54,72H,30H2,1-17H3,(H2,64,65,66,67,68,69,70,71). The number of hydrogen-bond donors (Lipinski definition) is 3. The molecule has 5 heterocycles. The van der Waals surface area contributed by atoms with E-state index >= 15 is 0 Å². The first-order chi connectivity index (χ1) is 36.1. The van der Waals surface area contributed by atoms with Crippen LogP contribution in [0, 0.1) is 52.8 Å². The van der Waals surface area contributed by atoms with E-state index in [0.717, 1.165) is 38.6 Å². The zero-order chi connectivity index (χ0) is 54.7. The summed E-state index contributed by atoms with van der Waals surface area (Å²) < 4.78 is 28.3. The highest BCUT2D eigenvalue weighted by atomic mass is 16.5. The van der Waals surface area contributed by atoms with Crippen LogP contribution in [0.25, 0.3) is 90.7 Å². The van der Waals surface area contributed by atoms with E-state index < -0.39 is 5.41 Å². The Morgan fingerprint density at radius 2 is 0.855 bits per heavy atom. The quantitative estimate of drug-likeness (QED) is 0.0794. The van der Waals surface area contributed by atoms with Gasteiger partial charge in [0.1, 0.15) is 70.0 Å². The van der Waals surface area contributed by atoms with Crippen molar-refractivity contribution in [2.24, 2.45) is 52.8 Å². The molecule has 2 aliphatic heterocycles. The molecule has 8 bridgehead atoms. The summed E-state index contributed by atoms with van der Waals surface area (Å²) in [4.78, 5) is 40.0. The minimum Gasteiger partial charge on any atom is -0.489 e. The fourth-order valence-electron chi connectivity index (χ4n) is 11.5. The lowest BCUT2D eigenvalue weighted by Crippen LogP contribution is -2.29. The average molecular weight is 1030 g/mol. The third-order valence-corrected chi connectivity index (χ3v) is 15.0. The predicted octanol–water partition coefficient (Wildman–Crippen LogP) is 15.0.